The van der Waals surface area contributed by atoms with Crippen LogP contribution in [0.4, 0.5) is 0 Å². The van der Waals surface area contributed by atoms with E-state index in [9.17, 15) is 0 Å². The summed E-state index contributed by atoms with van der Waals surface area (Å²) in [5.41, 5.74) is 1.22. The van der Waals surface area contributed by atoms with Crippen LogP contribution in [0.5, 0.6) is 0 Å². The lowest BCUT2D eigenvalue weighted by molar-refractivity contribution is -0.00488. The molecule has 0 aromatic carbocycles. The van der Waals surface area contributed by atoms with Crippen LogP contribution in [0.3, 0.4) is 0 Å². The minimum Gasteiger partial charge on any atom is -0.379 e. The summed E-state index contributed by atoms with van der Waals surface area (Å²) < 4.78 is 7.96. The number of rotatable bonds is 4. The molecular weight excluding hydrogens is 308 g/mol. The third-order valence-corrected chi connectivity index (χ3v) is 6.14. The SMILES string of the molecule is CO[C@H]1C[C@@H]2CN(Cc3nccs3)C[C@@H]2C[C@@H]1n1cc(C)cn1. The first-order valence-corrected chi connectivity index (χ1v) is 9.25. The molecule has 6 heteroatoms. The highest BCUT2D eigenvalue weighted by molar-refractivity contribution is 7.09. The Balaban J connectivity index is 1.46. The van der Waals surface area contributed by atoms with Crippen molar-refractivity contribution >= 4 is 11.3 Å². The number of aryl methyl sites for hydroxylation is 1. The number of aromatic nitrogens is 3. The zero-order valence-electron chi connectivity index (χ0n) is 13.8. The Morgan fingerprint density at radius 2 is 2.13 bits per heavy atom. The Hall–Kier alpha value is -1.24. The van der Waals surface area contributed by atoms with Crippen LogP contribution < -0.4 is 0 Å². The second kappa shape index (κ2) is 6.34. The minimum atomic E-state index is 0.273. The summed E-state index contributed by atoms with van der Waals surface area (Å²) >= 11 is 1.76. The van der Waals surface area contributed by atoms with E-state index in [1.807, 2.05) is 19.5 Å². The summed E-state index contributed by atoms with van der Waals surface area (Å²) in [5, 5.41) is 7.84. The number of fused-ring (bicyclic) bond motifs is 1. The molecule has 1 saturated heterocycles. The minimum absolute atomic E-state index is 0.273. The molecule has 2 aromatic heterocycles. The van der Waals surface area contributed by atoms with Crippen LogP contribution in [0, 0.1) is 18.8 Å². The number of hydrogen-bond acceptors (Lipinski definition) is 5. The first kappa shape index (κ1) is 15.3. The molecule has 1 aliphatic carbocycles. The summed E-state index contributed by atoms with van der Waals surface area (Å²) in [6, 6.07) is 0.370. The van der Waals surface area contributed by atoms with Gasteiger partial charge in [-0.1, -0.05) is 0 Å². The van der Waals surface area contributed by atoms with Gasteiger partial charge in [-0.2, -0.15) is 5.10 Å². The second-order valence-corrected chi connectivity index (χ2v) is 7.93. The monoisotopic (exact) mass is 332 g/mol. The zero-order chi connectivity index (χ0) is 15.8. The highest BCUT2D eigenvalue weighted by atomic mass is 32.1. The van der Waals surface area contributed by atoms with E-state index < -0.39 is 0 Å². The zero-order valence-corrected chi connectivity index (χ0v) is 14.6. The van der Waals surface area contributed by atoms with E-state index in [-0.39, 0.29) is 6.10 Å². The molecule has 124 valence electrons. The second-order valence-electron chi connectivity index (χ2n) is 6.95. The highest BCUT2D eigenvalue weighted by Crippen LogP contribution is 2.42. The molecule has 2 aromatic rings. The van der Waals surface area contributed by atoms with E-state index in [1.54, 1.807) is 11.3 Å². The van der Waals surface area contributed by atoms with E-state index in [0.29, 0.717) is 6.04 Å². The molecule has 2 fully saturated rings. The maximum atomic E-state index is 5.83. The largest absolute Gasteiger partial charge is 0.379 e. The average Bonchev–Trinajstić information content (AvgIpc) is 3.26. The molecule has 4 rings (SSSR count). The molecule has 1 aliphatic heterocycles. The van der Waals surface area contributed by atoms with E-state index in [1.165, 1.54) is 30.1 Å². The average molecular weight is 332 g/mol. The van der Waals surface area contributed by atoms with Gasteiger partial charge in [0.15, 0.2) is 0 Å². The van der Waals surface area contributed by atoms with Crippen LogP contribution in [0.15, 0.2) is 24.0 Å². The van der Waals surface area contributed by atoms with Gasteiger partial charge in [-0.3, -0.25) is 9.58 Å². The van der Waals surface area contributed by atoms with Gasteiger partial charge in [-0.25, -0.2) is 4.98 Å². The lowest BCUT2D eigenvalue weighted by Gasteiger charge is -2.37. The molecule has 23 heavy (non-hydrogen) atoms. The molecule has 0 amide bonds. The maximum Gasteiger partial charge on any atom is 0.107 e. The van der Waals surface area contributed by atoms with E-state index in [4.69, 9.17) is 4.74 Å². The van der Waals surface area contributed by atoms with Gasteiger partial charge < -0.3 is 4.74 Å². The van der Waals surface area contributed by atoms with Crippen molar-refractivity contribution in [3.05, 3.63) is 34.5 Å². The summed E-state index contributed by atoms with van der Waals surface area (Å²) in [7, 11) is 1.84. The topological polar surface area (TPSA) is 43.2 Å². The molecule has 5 nitrogen and oxygen atoms in total. The van der Waals surface area contributed by atoms with Gasteiger partial charge in [-0.15, -0.1) is 11.3 Å². The van der Waals surface area contributed by atoms with E-state index >= 15 is 0 Å². The van der Waals surface area contributed by atoms with Gasteiger partial charge in [0.05, 0.1) is 24.9 Å². The summed E-state index contributed by atoms with van der Waals surface area (Å²) in [4.78, 5) is 7.00. The fraction of sp³-hybridized carbons (Fsp3) is 0.647. The molecule has 0 radical (unpaired) electrons. The van der Waals surface area contributed by atoms with Crippen molar-refractivity contribution < 1.29 is 4.74 Å². The van der Waals surface area contributed by atoms with Crippen molar-refractivity contribution in [1.82, 2.24) is 19.7 Å². The maximum absolute atomic E-state index is 5.83. The van der Waals surface area contributed by atoms with Gasteiger partial charge in [0.1, 0.15) is 5.01 Å². The Morgan fingerprint density at radius 3 is 2.78 bits per heavy atom. The number of nitrogens with zero attached hydrogens (tertiary/aromatic N) is 4. The van der Waals surface area contributed by atoms with Crippen LogP contribution in [0.25, 0.3) is 0 Å². The fourth-order valence-corrected chi connectivity index (χ4v) is 4.94. The predicted molar refractivity (Wildman–Crippen MR) is 90.4 cm³/mol. The molecule has 4 atom stereocenters. The van der Waals surface area contributed by atoms with Gasteiger partial charge in [0.25, 0.3) is 0 Å². The third kappa shape index (κ3) is 3.07. The predicted octanol–water partition coefficient (Wildman–Crippen LogP) is 2.75. The smallest absolute Gasteiger partial charge is 0.107 e. The lowest BCUT2D eigenvalue weighted by Crippen LogP contribution is -2.37. The molecule has 0 bridgehead atoms. The fourth-order valence-electron chi connectivity index (χ4n) is 4.28. The van der Waals surface area contributed by atoms with Crippen LogP contribution in [-0.2, 0) is 11.3 Å². The molecular formula is C17H24N4OS. The highest BCUT2D eigenvalue weighted by Gasteiger charge is 2.43. The number of methoxy groups -OCH3 is 1. The normalized spacial score (nSPS) is 31.4. The first-order chi connectivity index (χ1) is 11.2. The van der Waals surface area contributed by atoms with Gasteiger partial charge in [0, 0.05) is 38.0 Å². The van der Waals surface area contributed by atoms with E-state index in [2.05, 4.69) is 38.2 Å². The quantitative estimate of drug-likeness (QED) is 0.863. The van der Waals surface area contributed by atoms with Crippen molar-refractivity contribution in [3.8, 4) is 0 Å². The standard InChI is InChI=1S/C17H24N4OS/c1-12-7-19-21(8-12)15-5-13-9-20(11-17-18-3-4-23-17)10-14(13)6-16(15)22-2/h3-4,7-8,13-16H,5-6,9-11H2,1-2H3/t13-,14+,15-,16-/m0/s1. The third-order valence-electron chi connectivity index (χ3n) is 5.38. The van der Waals surface area contributed by atoms with Crippen molar-refractivity contribution in [2.24, 2.45) is 11.8 Å². The van der Waals surface area contributed by atoms with Crippen LogP contribution in [0.2, 0.25) is 0 Å². The van der Waals surface area contributed by atoms with Gasteiger partial charge in [-0.05, 0) is 37.2 Å². The van der Waals surface area contributed by atoms with Crippen molar-refractivity contribution in [2.45, 2.75) is 38.5 Å². The number of likely N-dealkylation sites (tertiary alicyclic amines) is 1. The number of thiazole rings is 1. The van der Waals surface area contributed by atoms with Gasteiger partial charge >= 0.3 is 0 Å². The molecule has 3 heterocycles. The van der Waals surface area contributed by atoms with Gasteiger partial charge in [0.2, 0.25) is 0 Å². The van der Waals surface area contributed by atoms with Crippen molar-refractivity contribution in [3.63, 3.8) is 0 Å². The number of ether oxygens (including phenoxy) is 1. The molecule has 0 unspecified atom stereocenters. The Bertz CT molecular complexity index is 641. The van der Waals surface area contributed by atoms with Crippen molar-refractivity contribution in [1.29, 1.82) is 0 Å². The first-order valence-electron chi connectivity index (χ1n) is 8.37. The Kier molecular flexibility index (Phi) is 4.22. The summed E-state index contributed by atoms with van der Waals surface area (Å²) in [5.74, 6) is 1.49. The molecule has 1 saturated carbocycles. The summed E-state index contributed by atoms with van der Waals surface area (Å²) in [6.07, 6.45) is 8.58. The molecule has 2 aliphatic rings. The molecule has 0 N–H and O–H groups in total. The Morgan fingerprint density at radius 1 is 1.30 bits per heavy atom. The lowest BCUT2D eigenvalue weighted by atomic mass is 9.77. The van der Waals surface area contributed by atoms with Crippen LogP contribution >= 0.6 is 11.3 Å². The number of hydrogen-bond donors (Lipinski definition) is 0. The molecule has 0 spiro atoms. The Labute approximate surface area is 141 Å². The van der Waals surface area contributed by atoms with E-state index in [0.717, 1.165) is 24.8 Å². The van der Waals surface area contributed by atoms with Crippen molar-refractivity contribution in [2.75, 3.05) is 20.2 Å². The van der Waals surface area contributed by atoms with Crippen LogP contribution in [-0.4, -0.2) is 46.0 Å². The van der Waals surface area contributed by atoms with Crippen LogP contribution in [0.1, 0.15) is 29.5 Å². The summed E-state index contributed by atoms with van der Waals surface area (Å²) in [6.45, 7) is 5.45.